The molecule has 0 aliphatic rings. The summed E-state index contributed by atoms with van der Waals surface area (Å²) in [5.41, 5.74) is 9.99. The maximum atomic E-state index is 14.6. The zero-order chi connectivity index (χ0) is 35.1. The number of aromatic nitrogens is 3. The van der Waals surface area contributed by atoms with Crippen LogP contribution in [0.15, 0.2) is 95.8 Å². The Hall–Kier alpha value is -4.29. The molecule has 7 heteroatoms. The minimum Gasteiger partial charge on any atom is -0.486 e. The van der Waals surface area contributed by atoms with Crippen LogP contribution in [-0.2, 0) is 20.1 Å². The molecule has 239 valence electrons. The maximum Gasteiger partial charge on any atom is 0.216 e. The first-order valence-corrected chi connectivity index (χ1v) is 18.6. The smallest absolute Gasteiger partial charge is 0.216 e. The summed E-state index contributed by atoms with van der Waals surface area (Å²) in [6.45, 7) is 11.1. The second-order valence-electron chi connectivity index (χ2n) is 12.6. The van der Waals surface area contributed by atoms with Crippen molar-refractivity contribution in [2.75, 3.05) is 0 Å². The summed E-state index contributed by atoms with van der Waals surface area (Å²) in [6.07, 6.45) is 5.33. The molecule has 0 N–H and O–H groups in total. The SMILES string of the molecule is Cc1cc(C)c(-c2ccnc(-c3[c-]cc(F)c4c3oc3ncccc34)c2)c(C)c1.[2H]C([2H])([2H])c1c[c-]c(-c2ccc([Si](C)(C)C)cn2)cc1.[Ir]. The fourth-order valence-corrected chi connectivity index (χ4v) is 6.78. The molecular weight excluding hydrogens is 778 g/mol. The van der Waals surface area contributed by atoms with Crippen molar-refractivity contribution in [2.45, 2.75) is 47.3 Å². The molecule has 0 atom stereocenters. The quantitative estimate of drug-likeness (QED) is 0.131. The third-order valence-corrected chi connectivity index (χ3v) is 10.0. The number of halogens is 1. The van der Waals surface area contributed by atoms with Crippen LogP contribution in [0.25, 0.3) is 55.7 Å². The van der Waals surface area contributed by atoms with Crippen LogP contribution in [0.2, 0.25) is 19.6 Å². The van der Waals surface area contributed by atoms with E-state index < -0.39 is 14.9 Å². The largest absolute Gasteiger partial charge is 0.486 e. The minimum atomic E-state index is -2.08. The molecule has 0 aliphatic carbocycles. The predicted octanol–water partition coefficient (Wildman–Crippen LogP) is 9.97. The van der Waals surface area contributed by atoms with Gasteiger partial charge in [-0.2, -0.15) is 0 Å². The summed E-state index contributed by atoms with van der Waals surface area (Å²) < 4.78 is 42.5. The summed E-state index contributed by atoms with van der Waals surface area (Å²) >= 11 is 0. The van der Waals surface area contributed by atoms with E-state index in [1.54, 1.807) is 30.6 Å². The van der Waals surface area contributed by atoms with Gasteiger partial charge in [0.1, 0.15) is 0 Å². The first-order chi connectivity index (χ1) is 23.2. The average molecular weight is 817 g/mol. The fourth-order valence-electron chi connectivity index (χ4n) is 5.75. The molecule has 0 aliphatic heterocycles. The Morgan fingerprint density at radius 2 is 1.60 bits per heavy atom. The van der Waals surface area contributed by atoms with Gasteiger partial charge < -0.3 is 14.4 Å². The van der Waals surface area contributed by atoms with E-state index in [0.29, 0.717) is 38.9 Å². The monoisotopic (exact) mass is 817 g/mol. The number of hydrogen-bond acceptors (Lipinski definition) is 4. The van der Waals surface area contributed by atoms with E-state index >= 15 is 0 Å². The number of benzene rings is 3. The maximum absolute atomic E-state index is 14.6. The fraction of sp³-hybridized carbons (Fsp3) is 0.175. The molecule has 1 radical (unpaired) electrons. The van der Waals surface area contributed by atoms with Crippen molar-refractivity contribution in [3.05, 3.63) is 132 Å². The van der Waals surface area contributed by atoms with Crippen LogP contribution in [0.1, 0.15) is 26.4 Å². The Balaban J connectivity index is 0.000000204. The van der Waals surface area contributed by atoms with Gasteiger partial charge in [0.25, 0.3) is 0 Å². The van der Waals surface area contributed by atoms with Gasteiger partial charge in [-0.25, -0.2) is 4.98 Å². The molecule has 0 bridgehead atoms. The van der Waals surface area contributed by atoms with E-state index in [1.165, 1.54) is 39.6 Å². The molecule has 7 aromatic rings. The van der Waals surface area contributed by atoms with Crippen LogP contribution in [0.5, 0.6) is 0 Å². The van der Waals surface area contributed by atoms with Gasteiger partial charge in [-0.3, -0.25) is 4.39 Å². The second kappa shape index (κ2) is 13.8. The topological polar surface area (TPSA) is 51.8 Å². The summed E-state index contributed by atoms with van der Waals surface area (Å²) in [5.74, 6) is -0.378. The Bertz CT molecular complexity index is 2220. The van der Waals surface area contributed by atoms with Gasteiger partial charge in [0.15, 0.2) is 0 Å². The Morgan fingerprint density at radius 1 is 0.809 bits per heavy atom. The van der Waals surface area contributed by atoms with Gasteiger partial charge in [0.2, 0.25) is 5.71 Å². The normalized spacial score (nSPS) is 12.4. The minimum absolute atomic E-state index is 0. The van der Waals surface area contributed by atoms with Gasteiger partial charge in [-0.15, -0.1) is 47.5 Å². The molecule has 0 fully saturated rings. The van der Waals surface area contributed by atoms with Crippen molar-refractivity contribution in [1.82, 2.24) is 15.0 Å². The summed E-state index contributed by atoms with van der Waals surface area (Å²) in [4.78, 5) is 13.2. The standard InChI is InChI=1S/C25H18FN2O.C15H18NSi.Ir/c1-14-11-15(2)22(16(3)12-14)17-8-10-27-21(13-17)18-6-7-20(26)23-19-5-4-9-28-25(19)29-24(18)23;1-12-5-7-13(8-6-12)15-10-9-14(11-16-15)17(2,3)4;/h4-5,7-13H,1-3H3;5-7,9-11H,1-4H3;/q2*-1;/i;1D3;. The number of pyridine rings is 3. The van der Waals surface area contributed by atoms with E-state index in [9.17, 15) is 4.39 Å². The molecule has 0 saturated heterocycles. The predicted molar refractivity (Wildman–Crippen MR) is 189 cm³/mol. The van der Waals surface area contributed by atoms with Crippen molar-refractivity contribution in [1.29, 1.82) is 0 Å². The molecule has 3 aromatic carbocycles. The first-order valence-electron chi connectivity index (χ1n) is 16.6. The van der Waals surface area contributed by atoms with Crippen molar-refractivity contribution in [3.63, 3.8) is 0 Å². The first kappa shape index (κ1) is 30.1. The van der Waals surface area contributed by atoms with Crippen LogP contribution in [-0.4, -0.2) is 23.0 Å². The number of furan rings is 1. The van der Waals surface area contributed by atoms with Crippen molar-refractivity contribution in [2.24, 2.45) is 0 Å². The summed E-state index contributed by atoms with van der Waals surface area (Å²) in [5, 5.41) is 2.37. The molecule has 0 spiro atoms. The number of fused-ring (bicyclic) bond motifs is 3. The summed E-state index contributed by atoms with van der Waals surface area (Å²) in [6, 6.07) is 28.3. The molecular formula is C40H36FIrN3OSi-2. The van der Waals surface area contributed by atoms with E-state index in [-0.39, 0.29) is 25.9 Å². The third kappa shape index (κ3) is 7.18. The van der Waals surface area contributed by atoms with Gasteiger partial charge in [0.05, 0.1) is 13.7 Å². The van der Waals surface area contributed by atoms with E-state index in [1.807, 2.05) is 30.5 Å². The molecule has 7 rings (SSSR count). The third-order valence-electron chi connectivity index (χ3n) is 7.98. The van der Waals surface area contributed by atoms with Crippen molar-refractivity contribution < 1.29 is 33.0 Å². The number of hydrogen-bond donors (Lipinski definition) is 0. The molecule has 0 unspecified atom stereocenters. The van der Waals surface area contributed by atoms with Gasteiger partial charge >= 0.3 is 0 Å². The summed E-state index contributed by atoms with van der Waals surface area (Å²) in [7, 11) is -1.34. The van der Waals surface area contributed by atoms with E-state index in [4.69, 9.17) is 8.53 Å². The van der Waals surface area contributed by atoms with Crippen LogP contribution in [0.4, 0.5) is 4.39 Å². The van der Waals surface area contributed by atoms with Crippen LogP contribution in [0.3, 0.4) is 0 Å². The number of aryl methyl sites for hydroxylation is 4. The molecule has 4 nitrogen and oxygen atoms in total. The molecule has 0 saturated carbocycles. The molecule has 0 amide bonds. The van der Waals surface area contributed by atoms with Crippen molar-refractivity contribution >= 4 is 35.3 Å². The zero-order valence-corrected chi connectivity index (χ0v) is 30.5. The van der Waals surface area contributed by atoms with Crippen LogP contribution in [0, 0.1) is 45.6 Å². The van der Waals surface area contributed by atoms with Gasteiger partial charge in [-0.05, 0) is 83.2 Å². The van der Waals surface area contributed by atoms with Crippen LogP contribution < -0.4 is 5.19 Å². The van der Waals surface area contributed by atoms with E-state index in [0.717, 1.165) is 16.8 Å². The van der Waals surface area contributed by atoms with Gasteiger partial charge in [0, 0.05) is 54.0 Å². The van der Waals surface area contributed by atoms with Crippen molar-refractivity contribution in [3.8, 4) is 33.6 Å². The Kier molecular flexibility index (Phi) is 8.84. The molecule has 4 aromatic heterocycles. The Labute approximate surface area is 294 Å². The second-order valence-corrected chi connectivity index (χ2v) is 17.6. The zero-order valence-electron chi connectivity index (χ0n) is 30.1. The number of rotatable bonds is 4. The Morgan fingerprint density at radius 3 is 2.26 bits per heavy atom. The molecule has 47 heavy (non-hydrogen) atoms. The van der Waals surface area contributed by atoms with E-state index in [2.05, 4.69) is 85.7 Å². The number of nitrogens with zero attached hydrogens (tertiary/aromatic N) is 3. The van der Waals surface area contributed by atoms with Gasteiger partial charge in [-0.1, -0.05) is 68.0 Å². The molecule has 4 heterocycles. The van der Waals surface area contributed by atoms with Crippen LogP contribution >= 0.6 is 0 Å². The average Bonchev–Trinajstić information content (AvgIpc) is 3.45.